The van der Waals surface area contributed by atoms with Gasteiger partial charge >= 0.3 is 0 Å². The Kier molecular flexibility index (Phi) is 4.00. The van der Waals surface area contributed by atoms with Crippen LogP contribution < -0.4 is 0 Å². The van der Waals surface area contributed by atoms with Crippen LogP contribution in [0.4, 0.5) is 0 Å². The van der Waals surface area contributed by atoms with Gasteiger partial charge in [-0.2, -0.15) is 5.26 Å². The Bertz CT molecular complexity index is 537. The van der Waals surface area contributed by atoms with E-state index >= 15 is 0 Å². The number of rotatable bonds is 4. The Morgan fingerprint density at radius 3 is 2.33 bits per heavy atom. The van der Waals surface area contributed by atoms with Gasteiger partial charge in [-0.3, -0.25) is 0 Å². The Hall–Kier alpha value is -1.38. The molecule has 1 fully saturated rings. The molecule has 0 bridgehead atoms. The lowest BCUT2D eigenvalue weighted by Crippen LogP contribution is -2.26. The van der Waals surface area contributed by atoms with Gasteiger partial charge in [0.25, 0.3) is 0 Å². The summed E-state index contributed by atoms with van der Waals surface area (Å²) in [6.45, 7) is 2.61. The molecule has 1 saturated heterocycles. The molecular weight excluding hydrogens is 248 g/mol. The van der Waals surface area contributed by atoms with Crippen LogP contribution in [0.15, 0.2) is 29.2 Å². The van der Waals surface area contributed by atoms with Crippen LogP contribution in [-0.2, 0) is 9.84 Å². The molecule has 1 aromatic rings. The molecule has 0 saturated carbocycles. The highest BCUT2D eigenvalue weighted by atomic mass is 32.2. The lowest BCUT2D eigenvalue weighted by atomic mass is 10.2. The Balaban J connectivity index is 2.02. The summed E-state index contributed by atoms with van der Waals surface area (Å²) in [5, 5.41) is 8.67. The molecule has 1 aromatic carbocycles. The summed E-state index contributed by atoms with van der Waals surface area (Å²) in [5.74, 6) is 0.152. The minimum absolute atomic E-state index is 0.152. The van der Waals surface area contributed by atoms with Gasteiger partial charge < -0.3 is 4.90 Å². The van der Waals surface area contributed by atoms with E-state index in [-0.39, 0.29) is 5.75 Å². The smallest absolute Gasteiger partial charge is 0.179 e. The third-order valence-electron chi connectivity index (χ3n) is 3.22. The standard InChI is InChI=1S/C13H16N2O2S/c14-11-12-3-5-13(6-4-12)18(16,17)10-9-15-7-1-2-8-15/h3-6H,1-2,7-10H2. The van der Waals surface area contributed by atoms with E-state index < -0.39 is 9.84 Å². The van der Waals surface area contributed by atoms with E-state index in [0.29, 0.717) is 17.0 Å². The summed E-state index contributed by atoms with van der Waals surface area (Å²) in [4.78, 5) is 2.49. The topological polar surface area (TPSA) is 61.2 Å². The Morgan fingerprint density at radius 1 is 1.17 bits per heavy atom. The first-order chi connectivity index (χ1) is 8.62. The number of hydrogen-bond donors (Lipinski definition) is 0. The van der Waals surface area contributed by atoms with Crippen LogP contribution in [0.2, 0.25) is 0 Å². The quantitative estimate of drug-likeness (QED) is 0.825. The fourth-order valence-corrected chi connectivity index (χ4v) is 3.40. The molecule has 4 nitrogen and oxygen atoms in total. The number of hydrogen-bond acceptors (Lipinski definition) is 4. The van der Waals surface area contributed by atoms with Crippen molar-refractivity contribution in [1.29, 1.82) is 5.26 Å². The summed E-state index contributed by atoms with van der Waals surface area (Å²) < 4.78 is 24.2. The van der Waals surface area contributed by atoms with Crippen molar-refractivity contribution in [3.63, 3.8) is 0 Å². The molecule has 0 aromatic heterocycles. The van der Waals surface area contributed by atoms with E-state index in [1.807, 2.05) is 6.07 Å². The van der Waals surface area contributed by atoms with E-state index in [2.05, 4.69) is 4.90 Å². The van der Waals surface area contributed by atoms with Crippen molar-refractivity contribution in [2.24, 2.45) is 0 Å². The second-order valence-electron chi connectivity index (χ2n) is 4.50. The van der Waals surface area contributed by atoms with Crippen molar-refractivity contribution in [3.8, 4) is 6.07 Å². The van der Waals surface area contributed by atoms with Crippen LogP contribution in [-0.4, -0.2) is 38.7 Å². The minimum atomic E-state index is -3.22. The van der Waals surface area contributed by atoms with Crippen LogP contribution in [0, 0.1) is 11.3 Å². The zero-order valence-electron chi connectivity index (χ0n) is 10.2. The second kappa shape index (κ2) is 5.51. The third kappa shape index (κ3) is 3.09. The normalized spacial score (nSPS) is 16.6. The average Bonchev–Trinajstić information content (AvgIpc) is 2.90. The van der Waals surface area contributed by atoms with Gasteiger partial charge in [0.2, 0.25) is 0 Å². The van der Waals surface area contributed by atoms with E-state index in [1.54, 1.807) is 12.1 Å². The van der Waals surface area contributed by atoms with E-state index in [1.165, 1.54) is 12.1 Å². The van der Waals surface area contributed by atoms with Gasteiger partial charge in [-0.25, -0.2) is 8.42 Å². The molecule has 0 unspecified atom stereocenters. The maximum absolute atomic E-state index is 12.1. The van der Waals surface area contributed by atoms with Crippen LogP contribution in [0.25, 0.3) is 0 Å². The highest BCUT2D eigenvalue weighted by molar-refractivity contribution is 7.91. The number of sulfone groups is 1. The molecule has 0 aliphatic carbocycles. The van der Waals surface area contributed by atoms with E-state index in [4.69, 9.17) is 5.26 Å². The largest absolute Gasteiger partial charge is 0.302 e. The first-order valence-corrected chi connectivity index (χ1v) is 7.72. The van der Waals surface area contributed by atoms with Crippen LogP contribution in [0.3, 0.4) is 0 Å². The predicted molar refractivity (Wildman–Crippen MR) is 68.9 cm³/mol. The molecular formula is C13H16N2O2S. The van der Waals surface area contributed by atoms with Crippen molar-refractivity contribution in [3.05, 3.63) is 29.8 Å². The Morgan fingerprint density at radius 2 is 1.78 bits per heavy atom. The molecule has 5 heteroatoms. The molecule has 1 heterocycles. The maximum atomic E-state index is 12.1. The van der Waals surface area contributed by atoms with Crippen molar-refractivity contribution >= 4 is 9.84 Å². The molecule has 0 radical (unpaired) electrons. The van der Waals surface area contributed by atoms with Crippen molar-refractivity contribution in [2.75, 3.05) is 25.4 Å². The van der Waals surface area contributed by atoms with E-state index in [9.17, 15) is 8.42 Å². The summed E-state index contributed by atoms with van der Waals surface area (Å²) in [7, 11) is -3.22. The van der Waals surface area contributed by atoms with Crippen molar-refractivity contribution < 1.29 is 8.42 Å². The SMILES string of the molecule is N#Cc1ccc(S(=O)(=O)CCN2CCCC2)cc1. The summed E-state index contributed by atoms with van der Waals surface area (Å²) in [6.07, 6.45) is 2.33. The van der Waals surface area contributed by atoms with Gasteiger partial charge in [-0.1, -0.05) is 0 Å². The third-order valence-corrected chi connectivity index (χ3v) is 4.93. The van der Waals surface area contributed by atoms with Crippen LogP contribution >= 0.6 is 0 Å². The van der Waals surface area contributed by atoms with Gasteiger partial charge in [0.1, 0.15) is 0 Å². The fourth-order valence-electron chi connectivity index (χ4n) is 2.11. The number of nitrogens with zero attached hydrogens (tertiary/aromatic N) is 2. The molecule has 1 aliphatic heterocycles. The number of benzene rings is 1. The highest BCUT2D eigenvalue weighted by Crippen LogP contribution is 2.14. The first-order valence-electron chi connectivity index (χ1n) is 6.07. The average molecular weight is 264 g/mol. The summed E-state index contributed by atoms with van der Waals surface area (Å²) in [5.41, 5.74) is 0.480. The molecule has 0 amide bonds. The molecule has 0 N–H and O–H groups in total. The second-order valence-corrected chi connectivity index (χ2v) is 6.61. The zero-order valence-corrected chi connectivity index (χ0v) is 11.0. The number of nitriles is 1. The first kappa shape index (κ1) is 13.1. The van der Waals surface area contributed by atoms with Gasteiger partial charge in [-0.05, 0) is 50.2 Å². The molecule has 2 rings (SSSR count). The fraction of sp³-hybridized carbons (Fsp3) is 0.462. The molecule has 18 heavy (non-hydrogen) atoms. The predicted octanol–water partition coefficient (Wildman–Crippen LogP) is 1.43. The van der Waals surface area contributed by atoms with Gasteiger partial charge in [0.15, 0.2) is 9.84 Å². The summed E-state index contributed by atoms with van der Waals surface area (Å²) in [6, 6.07) is 8.09. The minimum Gasteiger partial charge on any atom is -0.302 e. The van der Waals surface area contributed by atoms with Crippen molar-refractivity contribution in [2.45, 2.75) is 17.7 Å². The molecule has 0 atom stereocenters. The van der Waals surface area contributed by atoms with Crippen molar-refractivity contribution in [1.82, 2.24) is 4.90 Å². The molecule has 1 aliphatic rings. The number of likely N-dealkylation sites (tertiary alicyclic amines) is 1. The van der Waals surface area contributed by atoms with E-state index in [0.717, 1.165) is 25.9 Å². The molecule has 96 valence electrons. The lowest BCUT2D eigenvalue weighted by Gasteiger charge is -2.14. The van der Waals surface area contributed by atoms with Crippen LogP contribution in [0.1, 0.15) is 18.4 Å². The summed E-state index contributed by atoms with van der Waals surface area (Å²) >= 11 is 0. The van der Waals surface area contributed by atoms with Gasteiger partial charge in [-0.15, -0.1) is 0 Å². The van der Waals surface area contributed by atoms with Crippen LogP contribution in [0.5, 0.6) is 0 Å². The monoisotopic (exact) mass is 264 g/mol. The zero-order chi connectivity index (χ0) is 13.0. The van der Waals surface area contributed by atoms with Gasteiger partial charge in [0.05, 0.1) is 22.3 Å². The Labute approximate surface area is 108 Å². The van der Waals surface area contributed by atoms with Gasteiger partial charge in [0, 0.05) is 6.54 Å². The maximum Gasteiger partial charge on any atom is 0.179 e. The molecule has 0 spiro atoms. The highest BCUT2D eigenvalue weighted by Gasteiger charge is 2.18. The lowest BCUT2D eigenvalue weighted by molar-refractivity contribution is 0.359.